The Morgan fingerprint density at radius 3 is 3.12 bits per heavy atom. The quantitative estimate of drug-likeness (QED) is 0.832. The first-order valence-corrected chi connectivity index (χ1v) is 5.93. The van der Waals surface area contributed by atoms with E-state index in [0.717, 1.165) is 18.4 Å². The number of carbonyl (C=O) groups is 1. The van der Waals surface area contributed by atoms with Crippen molar-refractivity contribution in [3.63, 3.8) is 0 Å². The van der Waals surface area contributed by atoms with Crippen LogP contribution in [0.2, 0.25) is 0 Å². The van der Waals surface area contributed by atoms with E-state index in [1.165, 1.54) is 11.6 Å². The molecule has 0 saturated carbocycles. The Hall–Kier alpha value is -1.42. The Morgan fingerprint density at radius 2 is 2.35 bits per heavy atom. The number of halogens is 1. The van der Waals surface area contributed by atoms with Crippen LogP contribution in [0.15, 0.2) is 18.2 Å². The molecule has 0 heterocycles. The van der Waals surface area contributed by atoms with E-state index in [4.69, 9.17) is 0 Å². The van der Waals surface area contributed by atoms with Crippen molar-refractivity contribution in [3.05, 3.63) is 35.1 Å². The molecule has 4 heteroatoms. The number of aryl methyl sites for hydroxylation is 1. The molecule has 17 heavy (non-hydrogen) atoms. The zero-order valence-electron chi connectivity index (χ0n) is 9.92. The molecule has 2 N–H and O–H groups in total. The number of hydrogen-bond acceptors (Lipinski definition) is 2. The number of amides is 1. The molecule has 1 aromatic carbocycles. The third kappa shape index (κ3) is 2.82. The lowest BCUT2D eigenvalue weighted by molar-refractivity contribution is -0.120. The summed E-state index contributed by atoms with van der Waals surface area (Å²) in [6, 6.07) is 5.21. The molecule has 1 aliphatic rings. The fraction of sp³-hybridized carbons (Fsp3) is 0.462. The van der Waals surface area contributed by atoms with E-state index in [2.05, 4.69) is 10.6 Å². The van der Waals surface area contributed by atoms with Gasteiger partial charge in [-0.05, 0) is 36.1 Å². The summed E-state index contributed by atoms with van der Waals surface area (Å²) in [6.45, 7) is 0.654. The van der Waals surface area contributed by atoms with Gasteiger partial charge in [0, 0.05) is 26.1 Å². The molecule has 1 unspecified atom stereocenters. The Balaban J connectivity index is 1.91. The van der Waals surface area contributed by atoms with Crippen LogP contribution in [0.4, 0.5) is 4.39 Å². The molecule has 1 aliphatic carbocycles. The van der Waals surface area contributed by atoms with Gasteiger partial charge in [0.25, 0.3) is 0 Å². The minimum Gasteiger partial charge on any atom is -0.359 e. The number of hydrogen-bond donors (Lipinski definition) is 2. The van der Waals surface area contributed by atoms with Crippen LogP contribution in [0.5, 0.6) is 0 Å². The van der Waals surface area contributed by atoms with Gasteiger partial charge in [-0.25, -0.2) is 4.39 Å². The van der Waals surface area contributed by atoms with E-state index in [1.807, 2.05) is 6.07 Å². The summed E-state index contributed by atoms with van der Waals surface area (Å²) in [5.74, 6) is -0.135. The molecule has 2 rings (SSSR count). The van der Waals surface area contributed by atoms with Crippen molar-refractivity contribution in [2.45, 2.75) is 25.3 Å². The lowest BCUT2D eigenvalue weighted by Crippen LogP contribution is -2.26. The molecule has 0 bridgehead atoms. The van der Waals surface area contributed by atoms with Gasteiger partial charge in [0.2, 0.25) is 5.91 Å². The van der Waals surface area contributed by atoms with Crippen molar-refractivity contribution in [1.29, 1.82) is 0 Å². The van der Waals surface area contributed by atoms with Crippen LogP contribution >= 0.6 is 0 Å². The number of nitrogens with one attached hydrogen (secondary N) is 2. The van der Waals surface area contributed by atoms with Gasteiger partial charge in [-0.1, -0.05) is 6.07 Å². The number of benzene rings is 1. The molecule has 1 atom stereocenters. The highest BCUT2D eigenvalue weighted by Crippen LogP contribution is 2.31. The second kappa shape index (κ2) is 5.27. The first kappa shape index (κ1) is 12.0. The molecule has 0 fully saturated rings. The maximum Gasteiger partial charge on any atom is 0.221 e. The molecule has 1 aromatic rings. The monoisotopic (exact) mass is 236 g/mol. The molecule has 0 aliphatic heterocycles. The third-order valence-electron chi connectivity index (χ3n) is 3.20. The molecule has 3 nitrogen and oxygen atoms in total. The molecule has 1 amide bonds. The molecule has 0 saturated heterocycles. The summed E-state index contributed by atoms with van der Waals surface area (Å²) in [7, 11) is 1.63. The number of fused-ring (bicyclic) bond motifs is 1. The Labute approximate surface area is 100 Å². The van der Waals surface area contributed by atoms with Crippen LogP contribution in [0.3, 0.4) is 0 Å². The van der Waals surface area contributed by atoms with E-state index >= 15 is 0 Å². The van der Waals surface area contributed by atoms with Crippen LogP contribution in [-0.4, -0.2) is 19.5 Å². The average molecular weight is 236 g/mol. The van der Waals surface area contributed by atoms with Gasteiger partial charge < -0.3 is 10.6 Å². The molecule has 92 valence electrons. The van der Waals surface area contributed by atoms with Gasteiger partial charge in [0.05, 0.1) is 0 Å². The minimum atomic E-state index is -0.172. The highest BCUT2D eigenvalue weighted by molar-refractivity contribution is 5.75. The van der Waals surface area contributed by atoms with Crippen LogP contribution in [0, 0.1) is 5.82 Å². The largest absolute Gasteiger partial charge is 0.359 e. The lowest BCUT2D eigenvalue weighted by Gasteiger charge is -2.13. The van der Waals surface area contributed by atoms with Crippen molar-refractivity contribution < 1.29 is 9.18 Å². The summed E-state index contributed by atoms with van der Waals surface area (Å²) >= 11 is 0. The fourth-order valence-electron chi connectivity index (χ4n) is 2.28. The maximum absolute atomic E-state index is 13.0. The smallest absolute Gasteiger partial charge is 0.221 e. The van der Waals surface area contributed by atoms with Crippen molar-refractivity contribution in [2.75, 3.05) is 13.6 Å². The van der Waals surface area contributed by atoms with Gasteiger partial charge in [0.15, 0.2) is 0 Å². The molecular formula is C13H17FN2O. The Bertz CT molecular complexity index is 420. The fourth-order valence-corrected chi connectivity index (χ4v) is 2.28. The summed E-state index contributed by atoms with van der Waals surface area (Å²) in [5, 5.41) is 5.93. The minimum absolute atomic E-state index is 0.0369. The zero-order chi connectivity index (χ0) is 12.3. The topological polar surface area (TPSA) is 41.1 Å². The van der Waals surface area contributed by atoms with E-state index < -0.39 is 0 Å². The van der Waals surface area contributed by atoms with Gasteiger partial charge >= 0.3 is 0 Å². The van der Waals surface area contributed by atoms with E-state index in [1.54, 1.807) is 13.1 Å². The van der Waals surface area contributed by atoms with Crippen molar-refractivity contribution in [2.24, 2.45) is 0 Å². The normalized spacial score (nSPS) is 17.9. The summed E-state index contributed by atoms with van der Waals surface area (Å²) in [4.78, 5) is 11.1. The summed E-state index contributed by atoms with van der Waals surface area (Å²) < 4.78 is 13.0. The van der Waals surface area contributed by atoms with Crippen molar-refractivity contribution in [3.8, 4) is 0 Å². The van der Waals surface area contributed by atoms with Gasteiger partial charge in [-0.15, -0.1) is 0 Å². The van der Waals surface area contributed by atoms with Crippen LogP contribution in [-0.2, 0) is 11.2 Å². The van der Waals surface area contributed by atoms with Crippen molar-refractivity contribution in [1.82, 2.24) is 10.6 Å². The number of carbonyl (C=O) groups excluding carboxylic acids is 1. The van der Waals surface area contributed by atoms with Gasteiger partial charge in [0.1, 0.15) is 5.82 Å². The second-order valence-corrected chi connectivity index (χ2v) is 4.31. The highest BCUT2D eigenvalue weighted by atomic mass is 19.1. The van der Waals surface area contributed by atoms with E-state index in [9.17, 15) is 9.18 Å². The predicted molar refractivity (Wildman–Crippen MR) is 64.1 cm³/mol. The van der Waals surface area contributed by atoms with Crippen molar-refractivity contribution >= 4 is 5.91 Å². The number of rotatable bonds is 4. The molecule has 0 spiro atoms. The van der Waals surface area contributed by atoms with E-state index in [-0.39, 0.29) is 17.8 Å². The zero-order valence-corrected chi connectivity index (χ0v) is 9.92. The van der Waals surface area contributed by atoms with E-state index in [0.29, 0.717) is 13.0 Å². The SMILES string of the molecule is CNC(=O)CCNC1CCc2cc(F)ccc21. The van der Waals surface area contributed by atoms with Crippen LogP contribution < -0.4 is 10.6 Å². The second-order valence-electron chi connectivity index (χ2n) is 4.31. The van der Waals surface area contributed by atoms with Crippen LogP contribution in [0.1, 0.15) is 30.0 Å². The molecular weight excluding hydrogens is 219 g/mol. The maximum atomic E-state index is 13.0. The molecule has 0 radical (unpaired) electrons. The average Bonchev–Trinajstić information content (AvgIpc) is 2.71. The Kier molecular flexibility index (Phi) is 3.74. The summed E-state index contributed by atoms with van der Waals surface area (Å²) in [5.41, 5.74) is 2.26. The Morgan fingerprint density at radius 1 is 1.53 bits per heavy atom. The molecule has 0 aromatic heterocycles. The van der Waals surface area contributed by atoms with Crippen LogP contribution in [0.25, 0.3) is 0 Å². The highest BCUT2D eigenvalue weighted by Gasteiger charge is 2.22. The summed E-state index contributed by atoms with van der Waals surface area (Å²) in [6.07, 6.45) is 2.36. The predicted octanol–water partition coefficient (Wildman–Crippen LogP) is 1.54. The third-order valence-corrected chi connectivity index (χ3v) is 3.20. The lowest BCUT2D eigenvalue weighted by atomic mass is 10.1. The first-order chi connectivity index (χ1) is 8.20. The standard InChI is InChI=1S/C13H17FN2O/c1-15-13(17)6-7-16-12-5-2-9-8-10(14)3-4-11(9)12/h3-4,8,12,16H,2,5-7H2,1H3,(H,15,17). The first-order valence-electron chi connectivity index (χ1n) is 5.93. The van der Waals surface area contributed by atoms with Gasteiger partial charge in [-0.2, -0.15) is 0 Å². The van der Waals surface area contributed by atoms with Gasteiger partial charge in [-0.3, -0.25) is 4.79 Å².